The molecule has 1 amide bonds. The van der Waals surface area contributed by atoms with Crippen molar-refractivity contribution in [2.45, 2.75) is 44.2 Å². The van der Waals surface area contributed by atoms with E-state index >= 15 is 0 Å². The summed E-state index contributed by atoms with van der Waals surface area (Å²) in [5.41, 5.74) is 6.12. The fourth-order valence-electron chi connectivity index (χ4n) is 2.83. The number of hydrogen-bond donors (Lipinski definition) is 2. The molecule has 19 heavy (non-hydrogen) atoms. The third-order valence-corrected chi connectivity index (χ3v) is 4.47. The fourth-order valence-corrected chi connectivity index (χ4v) is 2.83. The number of carbonyl (C=O) groups is 1. The molecule has 0 bridgehead atoms. The minimum Gasteiger partial charge on any atom is -0.356 e. The van der Waals surface area contributed by atoms with Gasteiger partial charge in [0.1, 0.15) is 0 Å². The van der Waals surface area contributed by atoms with Crippen molar-refractivity contribution in [3.05, 3.63) is 0 Å². The number of rotatable bonds is 8. The lowest BCUT2D eigenvalue weighted by Crippen LogP contribution is -2.59. The summed E-state index contributed by atoms with van der Waals surface area (Å²) >= 11 is 0. The zero-order valence-electron chi connectivity index (χ0n) is 12.9. The van der Waals surface area contributed by atoms with Crippen LogP contribution in [0.15, 0.2) is 0 Å². The van der Waals surface area contributed by atoms with Crippen molar-refractivity contribution in [1.29, 1.82) is 0 Å². The van der Waals surface area contributed by atoms with Crippen LogP contribution in [0.2, 0.25) is 0 Å². The van der Waals surface area contributed by atoms with Crippen LogP contribution in [0.1, 0.15) is 32.6 Å². The van der Waals surface area contributed by atoms with E-state index in [1.807, 2.05) is 6.92 Å². The molecule has 0 aliphatic heterocycles. The molecule has 1 fully saturated rings. The summed E-state index contributed by atoms with van der Waals surface area (Å²) in [6.45, 7) is 4.13. The molecule has 1 saturated carbocycles. The molecule has 0 aromatic heterocycles. The first-order valence-electron chi connectivity index (χ1n) is 7.29. The molecule has 1 rings (SSSR count). The Balaban J connectivity index is 2.53. The highest BCUT2D eigenvalue weighted by Crippen LogP contribution is 2.36. The molecule has 1 atom stereocenters. The van der Waals surface area contributed by atoms with Crippen molar-refractivity contribution in [3.63, 3.8) is 0 Å². The summed E-state index contributed by atoms with van der Waals surface area (Å²) in [6, 6.07) is 0.129. The topological polar surface area (TPSA) is 61.6 Å². The van der Waals surface area contributed by atoms with Crippen LogP contribution in [-0.4, -0.2) is 68.1 Å². The maximum absolute atomic E-state index is 11.7. The Bertz CT molecular complexity index is 289. The van der Waals surface area contributed by atoms with Crippen molar-refractivity contribution >= 4 is 5.91 Å². The third kappa shape index (κ3) is 4.16. The second-order valence-corrected chi connectivity index (χ2v) is 5.93. The van der Waals surface area contributed by atoms with Gasteiger partial charge < -0.3 is 16.0 Å². The number of amides is 1. The molecule has 1 aliphatic carbocycles. The highest BCUT2D eigenvalue weighted by atomic mass is 16.1. The molecular formula is C14H30N4O. The third-order valence-electron chi connectivity index (χ3n) is 4.47. The molecule has 5 heteroatoms. The summed E-state index contributed by atoms with van der Waals surface area (Å²) in [6.07, 6.45) is 4.27. The lowest BCUT2D eigenvalue weighted by molar-refractivity contribution is -0.122. The van der Waals surface area contributed by atoms with Crippen molar-refractivity contribution < 1.29 is 4.79 Å². The normalized spacial score (nSPS) is 19.3. The molecule has 0 radical (unpaired) electrons. The van der Waals surface area contributed by atoms with Crippen LogP contribution in [0, 0.1) is 0 Å². The van der Waals surface area contributed by atoms with Crippen LogP contribution in [-0.2, 0) is 4.79 Å². The van der Waals surface area contributed by atoms with Gasteiger partial charge in [-0.25, -0.2) is 0 Å². The van der Waals surface area contributed by atoms with Gasteiger partial charge in [-0.15, -0.1) is 0 Å². The molecule has 0 aromatic rings. The average Bonchev–Trinajstić information content (AvgIpc) is 2.30. The highest BCUT2D eigenvalue weighted by Gasteiger charge is 2.40. The molecule has 5 nitrogen and oxygen atoms in total. The molecule has 0 aromatic carbocycles. The second kappa shape index (κ2) is 7.22. The van der Waals surface area contributed by atoms with Gasteiger partial charge in [-0.2, -0.15) is 0 Å². The summed E-state index contributed by atoms with van der Waals surface area (Å²) in [5, 5.41) is 2.85. The van der Waals surface area contributed by atoms with Crippen molar-refractivity contribution in [2.24, 2.45) is 5.73 Å². The Hall–Kier alpha value is -0.650. The maximum atomic E-state index is 11.7. The Labute approximate surface area is 117 Å². The van der Waals surface area contributed by atoms with Crippen LogP contribution in [0.5, 0.6) is 0 Å². The van der Waals surface area contributed by atoms with E-state index in [4.69, 9.17) is 5.73 Å². The molecule has 1 unspecified atom stereocenters. The molecule has 3 N–H and O–H groups in total. The number of nitrogens with zero attached hydrogens (tertiary/aromatic N) is 2. The van der Waals surface area contributed by atoms with E-state index in [9.17, 15) is 4.79 Å². The minimum absolute atomic E-state index is 0.0947. The number of nitrogens with two attached hydrogens (primary N) is 1. The highest BCUT2D eigenvalue weighted by molar-refractivity contribution is 5.76. The van der Waals surface area contributed by atoms with Gasteiger partial charge in [0.25, 0.3) is 0 Å². The number of hydrogen-bond acceptors (Lipinski definition) is 4. The molecule has 0 saturated heterocycles. The first-order chi connectivity index (χ1) is 8.95. The molecular weight excluding hydrogens is 240 g/mol. The van der Waals surface area contributed by atoms with E-state index in [0.717, 1.165) is 6.54 Å². The van der Waals surface area contributed by atoms with E-state index < -0.39 is 0 Å². The van der Waals surface area contributed by atoms with Crippen LogP contribution in [0.4, 0.5) is 0 Å². The van der Waals surface area contributed by atoms with Gasteiger partial charge in [-0.05, 0) is 47.3 Å². The van der Waals surface area contributed by atoms with E-state index in [1.165, 1.54) is 19.3 Å². The zero-order valence-corrected chi connectivity index (χ0v) is 12.9. The Morgan fingerprint density at radius 1 is 1.37 bits per heavy atom. The Morgan fingerprint density at radius 3 is 2.37 bits per heavy atom. The molecule has 0 spiro atoms. The van der Waals surface area contributed by atoms with Gasteiger partial charge in [0, 0.05) is 37.6 Å². The molecule has 0 heterocycles. The Morgan fingerprint density at radius 2 is 2.00 bits per heavy atom. The van der Waals surface area contributed by atoms with E-state index in [2.05, 4.69) is 36.3 Å². The Kier molecular flexibility index (Phi) is 6.23. The van der Waals surface area contributed by atoms with Gasteiger partial charge in [-0.3, -0.25) is 9.69 Å². The monoisotopic (exact) mass is 270 g/mol. The summed E-state index contributed by atoms with van der Waals surface area (Å²) < 4.78 is 0. The summed E-state index contributed by atoms with van der Waals surface area (Å²) in [5.74, 6) is 0.0947. The predicted octanol–water partition coefficient (Wildman–Crippen LogP) is 0.256. The van der Waals surface area contributed by atoms with Crippen molar-refractivity contribution in [3.8, 4) is 0 Å². The molecule has 112 valence electrons. The average molecular weight is 270 g/mol. The minimum atomic E-state index is 0.0947. The number of nitrogens with one attached hydrogen (secondary N) is 1. The van der Waals surface area contributed by atoms with Crippen LogP contribution >= 0.6 is 0 Å². The fraction of sp³-hybridized carbons (Fsp3) is 0.929. The largest absolute Gasteiger partial charge is 0.356 e. The standard InChI is InChI=1S/C14H30N4O/c1-5-16-13(19)9-12(10-15)18(4)11-14(17(2)3)7-6-8-14/h12H,5-11,15H2,1-4H3,(H,16,19). The van der Waals surface area contributed by atoms with Crippen molar-refractivity contribution in [2.75, 3.05) is 40.8 Å². The van der Waals surface area contributed by atoms with E-state index in [-0.39, 0.29) is 17.5 Å². The lowest BCUT2D eigenvalue weighted by atomic mass is 9.75. The number of likely N-dealkylation sites (N-methyl/N-ethyl adjacent to an activating group) is 2. The predicted molar refractivity (Wildman–Crippen MR) is 79.0 cm³/mol. The zero-order chi connectivity index (χ0) is 14.5. The van der Waals surface area contributed by atoms with E-state index in [1.54, 1.807) is 0 Å². The smallest absolute Gasteiger partial charge is 0.221 e. The van der Waals surface area contributed by atoms with Crippen LogP contribution < -0.4 is 11.1 Å². The lowest BCUT2D eigenvalue weighted by Gasteiger charge is -2.50. The first kappa shape index (κ1) is 16.4. The van der Waals surface area contributed by atoms with Gasteiger partial charge in [0.05, 0.1) is 0 Å². The number of carbonyl (C=O) groups excluding carboxylic acids is 1. The van der Waals surface area contributed by atoms with Crippen molar-refractivity contribution in [1.82, 2.24) is 15.1 Å². The second-order valence-electron chi connectivity index (χ2n) is 5.93. The van der Waals surface area contributed by atoms with Gasteiger partial charge in [0.15, 0.2) is 0 Å². The molecule has 1 aliphatic rings. The SMILES string of the molecule is CCNC(=O)CC(CN)N(C)CC1(N(C)C)CCC1. The first-order valence-corrected chi connectivity index (χ1v) is 7.29. The van der Waals surface area contributed by atoms with Gasteiger partial charge in [-0.1, -0.05) is 0 Å². The van der Waals surface area contributed by atoms with Gasteiger partial charge in [0.2, 0.25) is 5.91 Å². The quantitative estimate of drug-likeness (QED) is 0.664. The van der Waals surface area contributed by atoms with Crippen LogP contribution in [0.3, 0.4) is 0 Å². The van der Waals surface area contributed by atoms with E-state index in [0.29, 0.717) is 19.5 Å². The maximum Gasteiger partial charge on any atom is 0.221 e. The summed E-state index contributed by atoms with van der Waals surface area (Å²) in [4.78, 5) is 16.3. The van der Waals surface area contributed by atoms with Crippen LogP contribution in [0.25, 0.3) is 0 Å². The summed E-state index contributed by atoms with van der Waals surface area (Å²) in [7, 11) is 6.38. The van der Waals surface area contributed by atoms with Gasteiger partial charge >= 0.3 is 0 Å².